The minimum Gasteiger partial charge on any atom is -0.484 e. The van der Waals surface area contributed by atoms with Crippen molar-refractivity contribution in [1.82, 2.24) is 10.3 Å². The smallest absolute Gasteiger partial charge is 0.258 e. The molecule has 1 saturated carbocycles. The summed E-state index contributed by atoms with van der Waals surface area (Å²) in [5.74, 6) is 0.730. The molecular weight excluding hydrogens is 304 g/mol. The fourth-order valence-electron chi connectivity index (χ4n) is 2.97. The molecule has 0 bridgehead atoms. The summed E-state index contributed by atoms with van der Waals surface area (Å²) in [5.41, 5.74) is 1.81. The lowest BCUT2D eigenvalue weighted by Gasteiger charge is -2.37. The van der Waals surface area contributed by atoms with Crippen LogP contribution in [0.5, 0.6) is 5.75 Å². The zero-order valence-corrected chi connectivity index (χ0v) is 13.7. The highest BCUT2D eigenvalue weighted by atomic mass is 16.5. The number of aliphatic hydroxyl groups is 1. The molecule has 0 aliphatic heterocycles. The molecule has 0 saturated heterocycles. The number of rotatable bonds is 6. The van der Waals surface area contributed by atoms with Gasteiger partial charge in [0, 0.05) is 6.20 Å². The molecule has 3 rings (SSSR count). The first kappa shape index (κ1) is 16.5. The van der Waals surface area contributed by atoms with E-state index < -0.39 is 0 Å². The van der Waals surface area contributed by atoms with Crippen molar-refractivity contribution in [3.63, 3.8) is 0 Å². The number of pyridine rings is 1. The van der Waals surface area contributed by atoms with Gasteiger partial charge in [0.25, 0.3) is 5.91 Å². The maximum atomic E-state index is 12.3. The number of para-hydroxylation sites is 1. The van der Waals surface area contributed by atoms with E-state index in [4.69, 9.17) is 4.74 Å². The highest BCUT2D eigenvalue weighted by Gasteiger charge is 2.36. The predicted octanol–water partition coefficient (Wildman–Crippen LogP) is 2.40. The third-order valence-corrected chi connectivity index (χ3v) is 4.40. The molecule has 2 N–H and O–H groups in total. The molecule has 0 spiro atoms. The van der Waals surface area contributed by atoms with Gasteiger partial charge in [-0.1, -0.05) is 24.3 Å². The van der Waals surface area contributed by atoms with Crippen molar-refractivity contribution >= 4 is 5.91 Å². The fourth-order valence-corrected chi connectivity index (χ4v) is 2.97. The van der Waals surface area contributed by atoms with Crippen LogP contribution in [0, 0.1) is 12.8 Å². The number of amides is 1. The molecule has 5 nitrogen and oxygen atoms in total. The predicted molar refractivity (Wildman–Crippen MR) is 90.5 cm³/mol. The second-order valence-electron chi connectivity index (χ2n) is 6.24. The Hall–Kier alpha value is -2.40. The quantitative estimate of drug-likeness (QED) is 0.855. The number of hydrogen-bond donors (Lipinski definition) is 2. The van der Waals surface area contributed by atoms with Crippen molar-refractivity contribution < 1.29 is 14.6 Å². The SMILES string of the molecule is Cc1ccccc1OCC(=O)N[C@@H](c1ccccn1)C1CC(O)C1. The maximum absolute atomic E-state index is 12.3. The van der Waals surface area contributed by atoms with Crippen LogP contribution < -0.4 is 10.1 Å². The number of aryl methyl sites for hydroxylation is 1. The Morgan fingerprint density at radius 2 is 2.04 bits per heavy atom. The monoisotopic (exact) mass is 326 g/mol. The number of benzene rings is 1. The molecule has 1 aliphatic carbocycles. The summed E-state index contributed by atoms with van der Waals surface area (Å²) < 4.78 is 5.61. The van der Waals surface area contributed by atoms with Gasteiger partial charge in [0.2, 0.25) is 0 Å². The Bertz CT molecular complexity index is 684. The van der Waals surface area contributed by atoms with Crippen LogP contribution in [0.3, 0.4) is 0 Å². The van der Waals surface area contributed by atoms with Crippen LogP contribution in [0.4, 0.5) is 0 Å². The lowest BCUT2D eigenvalue weighted by Crippen LogP contribution is -2.43. The lowest BCUT2D eigenvalue weighted by atomic mass is 9.76. The number of carbonyl (C=O) groups is 1. The summed E-state index contributed by atoms with van der Waals surface area (Å²) in [6.07, 6.45) is 2.80. The van der Waals surface area contributed by atoms with E-state index in [0.29, 0.717) is 18.6 Å². The number of nitrogens with one attached hydrogen (secondary N) is 1. The molecule has 1 aromatic heterocycles. The average Bonchev–Trinajstić information content (AvgIpc) is 2.57. The van der Waals surface area contributed by atoms with E-state index in [9.17, 15) is 9.90 Å². The highest BCUT2D eigenvalue weighted by molar-refractivity contribution is 5.78. The number of hydrogen-bond acceptors (Lipinski definition) is 4. The summed E-state index contributed by atoms with van der Waals surface area (Å²) in [7, 11) is 0. The van der Waals surface area contributed by atoms with Gasteiger partial charge in [-0.3, -0.25) is 9.78 Å². The number of aromatic nitrogens is 1. The van der Waals surface area contributed by atoms with E-state index in [1.165, 1.54) is 0 Å². The minimum absolute atomic E-state index is 0.0382. The Balaban J connectivity index is 1.62. The second kappa shape index (κ2) is 7.45. The first-order valence-electron chi connectivity index (χ1n) is 8.20. The van der Waals surface area contributed by atoms with Gasteiger partial charge in [-0.25, -0.2) is 0 Å². The van der Waals surface area contributed by atoms with E-state index in [-0.39, 0.29) is 30.6 Å². The third-order valence-electron chi connectivity index (χ3n) is 4.40. The Kier molecular flexibility index (Phi) is 5.11. The molecule has 24 heavy (non-hydrogen) atoms. The summed E-state index contributed by atoms with van der Waals surface area (Å²) in [5, 5.41) is 12.6. The van der Waals surface area contributed by atoms with Crippen LogP contribution in [0.1, 0.15) is 30.1 Å². The molecule has 0 radical (unpaired) electrons. The summed E-state index contributed by atoms with van der Waals surface area (Å²) in [4.78, 5) is 16.7. The number of carbonyl (C=O) groups excluding carboxylic acids is 1. The normalized spacial score (nSPS) is 20.8. The van der Waals surface area contributed by atoms with E-state index in [1.54, 1.807) is 6.20 Å². The molecule has 126 valence electrons. The highest BCUT2D eigenvalue weighted by Crippen LogP contribution is 2.37. The van der Waals surface area contributed by atoms with Crippen molar-refractivity contribution in [2.45, 2.75) is 31.9 Å². The average molecular weight is 326 g/mol. The topological polar surface area (TPSA) is 71.5 Å². The third kappa shape index (κ3) is 3.92. The first-order valence-corrected chi connectivity index (χ1v) is 8.20. The van der Waals surface area contributed by atoms with Gasteiger partial charge in [0.1, 0.15) is 5.75 Å². The molecular formula is C19H22N2O3. The molecule has 1 aromatic carbocycles. The molecule has 1 heterocycles. The van der Waals surface area contributed by atoms with Gasteiger partial charge in [0.05, 0.1) is 17.8 Å². The van der Waals surface area contributed by atoms with E-state index in [1.807, 2.05) is 49.4 Å². The van der Waals surface area contributed by atoms with E-state index in [0.717, 1.165) is 11.3 Å². The van der Waals surface area contributed by atoms with E-state index >= 15 is 0 Å². The number of ether oxygens (including phenoxy) is 1. The van der Waals surface area contributed by atoms with Crippen LogP contribution in [-0.2, 0) is 4.79 Å². The van der Waals surface area contributed by atoms with Crippen molar-refractivity contribution in [2.24, 2.45) is 5.92 Å². The molecule has 5 heteroatoms. The molecule has 1 fully saturated rings. The largest absolute Gasteiger partial charge is 0.484 e. The molecule has 2 aromatic rings. The van der Waals surface area contributed by atoms with Gasteiger partial charge >= 0.3 is 0 Å². The summed E-state index contributed by atoms with van der Waals surface area (Å²) in [6.45, 7) is 1.91. The molecule has 1 amide bonds. The van der Waals surface area contributed by atoms with Crippen molar-refractivity contribution in [3.8, 4) is 5.75 Å². The summed E-state index contributed by atoms with van der Waals surface area (Å²) >= 11 is 0. The van der Waals surface area contributed by atoms with Crippen LogP contribution >= 0.6 is 0 Å². The van der Waals surface area contributed by atoms with Crippen LogP contribution in [0.2, 0.25) is 0 Å². The Morgan fingerprint density at radius 3 is 2.71 bits per heavy atom. The fraction of sp³-hybridized carbons (Fsp3) is 0.368. The zero-order chi connectivity index (χ0) is 16.9. The summed E-state index contributed by atoms with van der Waals surface area (Å²) in [6, 6.07) is 13.1. The van der Waals surface area contributed by atoms with E-state index in [2.05, 4.69) is 10.3 Å². The number of aliphatic hydroxyl groups excluding tert-OH is 1. The molecule has 1 atom stereocenters. The van der Waals surface area contributed by atoms with Gasteiger partial charge in [0.15, 0.2) is 6.61 Å². The Labute approximate surface area is 141 Å². The van der Waals surface area contributed by atoms with Gasteiger partial charge in [-0.05, 0) is 49.4 Å². The van der Waals surface area contributed by atoms with Gasteiger partial charge < -0.3 is 15.2 Å². The lowest BCUT2D eigenvalue weighted by molar-refractivity contribution is -0.125. The second-order valence-corrected chi connectivity index (χ2v) is 6.24. The minimum atomic E-state index is -0.277. The van der Waals surface area contributed by atoms with Crippen LogP contribution in [0.25, 0.3) is 0 Å². The maximum Gasteiger partial charge on any atom is 0.258 e. The van der Waals surface area contributed by atoms with Crippen LogP contribution in [0.15, 0.2) is 48.7 Å². The number of nitrogens with zero attached hydrogens (tertiary/aromatic N) is 1. The van der Waals surface area contributed by atoms with Crippen molar-refractivity contribution in [2.75, 3.05) is 6.61 Å². The van der Waals surface area contributed by atoms with Crippen molar-refractivity contribution in [1.29, 1.82) is 0 Å². The van der Waals surface area contributed by atoms with Gasteiger partial charge in [-0.15, -0.1) is 0 Å². The standard InChI is InChI=1S/C19H22N2O3/c1-13-6-2-3-8-17(13)24-12-18(23)21-19(14-10-15(22)11-14)16-7-4-5-9-20-16/h2-9,14-15,19,22H,10-12H2,1H3,(H,21,23)/t14?,15?,19-/m1/s1. The molecule has 0 unspecified atom stereocenters. The van der Waals surface area contributed by atoms with Crippen LogP contribution in [-0.4, -0.2) is 28.7 Å². The zero-order valence-electron chi connectivity index (χ0n) is 13.7. The first-order chi connectivity index (χ1) is 11.6. The Morgan fingerprint density at radius 1 is 1.29 bits per heavy atom. The van der Waals surface area contributed by atoms with Crippen molar-refractivity contribution in [3.05, 3.63) is 59.9 Å². The van der Waals surface area contributed by atoms with Gasteiger partial charge in [-0.2, -0.15) is 0 Å². The molecule has 1 aliphatic rings.